The zero-order valence-electron chi connectivity index (χ0n) is 14.6. The number of aromatic nitrogens is 2. The van der Waals surface area contributed by atoms with Gasteiger partial charge in [-0.1, -0.05) is 74.6 Å². The molecule has 128 valence electrons. The number of para-hydroxylation sites is 1. The zero-order valence-corrected chi connectivity index (χ0v) is 14.6. The van der Waals surface area contributed by atoms with Gasteiger partial charge in [0.1, 0.15) is 11.6 Å². The van der Waals surface area contributed by atoms with Gasteiger partial charge in [0, 0.05) is 18.4 Å². The number of benzene rings is 2. The minimum absolute atomic E-state index is 0.747. The Kier molecular flexibility index (Phi) is 4.91. The van der Waals surface area contributed by atoms with E-state index >= 15 is 0 Å². The quantitative estimate of drug-likeness (QED) is 0.683. The van der Waals surface area contributed by atoms with Gasteiger partial charge >= 0.3 is 0 Å². The molecule has 0 aliphatic heterocycles. The van der Waals surface area contributed by atoms with Crippen LogP contribution in [0.5, 0.6) is 0 Å². The highest BCUT2D eigenvalue weighted by atomic mass is 15.0. The number of hydrogen-bond acceptors (Lipinski definition) is 3. The van der Waals surface area contributed by atoms with Gasteiger partial charge in [0.15, 0.2) is 0 Å². The maximum absolute atomic E-state index is 4.89. The van der Waals surface area contributed by atoms with Crippen LogP contribution in [0.15, 0.2) is 54.6 Å². The Hall–Kier alpha value is -2.42. The summed E-state index contributed by atoms with van der Waals surface area (Å²) in [5.74, 6) is 2.69. The van der Waals surface area contributed by atoms with E-state index in [2.05, 4.69) is 53.8 Å². The molecule has 0 saturated heterocycles. The van der Waals surface area contributed by atoms with Gasteiger partial charge in [0.05, 0.1) is 5.52 Å². The van der Waals surface area contributed by atoms with E-state index < -0.39 is 0 Å². The summed E-state index contributed by atoms with van der Waals surface area (Å²) in [5, 5.41) is 4.63. The van der Waals surface area contributed by atoms with Gasteiger partial charge < -0.3 is 5.32 Å². The molecule has 1 N–H and O–H groups in total. The Morgan fingerprint density at radius 1 is 0.840 bits per heavy atom. The van der Waals surface area contributed by atoms with Gasteiger partial charge in [-0.25, -0.2) is 9.97 Å². The van der Waals surface area contributed by atoms with Crippen LogP contribution in [0, 0.1) is 5.92 Å². The Balaban J connectivity index is 1.59. The molecule has 1 aliphatic carbocycles. The molecule has 3 nitrogen and oxygen atoms in total. The van der Waals surface area contributed by atoms with E-state index in [1.165, 1.54) is 37.7 Å². The monoisotopic (exact) mass is 331 g/mol. The summed E-state index contributed by atoms with van der Waals surface area (Å²) in [6.07, 6.45) is 7.75. The smallest absolute Gasteiger partial charge is 0.137 e. The van der Waals surface area contributed by atoms with Crippen molar-refractivity contribution in [3.8, 4) is 0 Å². The van der Waals surface area contributed by atoms with Gasteiger partial charge in [-0.3, -0.25) is 0 Å². The van der Waals surface area contributed by atoms with Gasteiger partial charge in [-0.2, -0.15) is 0 Å². The molecular formula is C22H25N3. The fraction of sp³-hybridized carbons (Fsp3) is 0.364. The summed E-state index contributed by atoms with van der Waals surface area (Å²) in [6, 6.07) is 18.8. The van der Waals surface area contributed by atoms with Crippen molar-refractivity contribution in [2.75, 3.05) is 5.32 Å². The Labute approximate surface area is 149 Å². The molecule has 1 aromatic heterocycles. The predicted molar refractivity (Wildman–Crippen MR) is 104 cm³/mol. The van der Waals surface area contributed by atoms with Crippen molar-refractivity contribution in [1.82, 2.24) is 9.97 Å². The minimum Gasteiger partial charge on any atom is -0.365 e. The zero-order chi connectivity index (χ0) is 16.9. The Bertz CT molecular complexity index is 823. The molecule has 1 heterocycles. The molecule has 2 aromatic carbocycles. The highest BCUT2D eigenvalue weighted by Crippen LogP contribution is 2.28. The molecule has 4 rings (SSSR count). The summed E-state index contributed by atoms with van der Waals surface area (Å²) in [4.78, 5) is 9.72. The third-order valence-corrected chi connectivity index (χ3v) is 5.15. The average molecular weight is 331 g/mol. The van der Waals surface area contributed by atoms with E-state index in [0.29, 0.717) is 0 Å². The highest BCUT2D eigenvalue weighted by Gasteiger charge is 2.16. The van der Waals surface area contributed by atoms with Crippen molar-refractivity contribution in [3.05, 3.63) is 66.0 Å². The summed E-state index contributed by atoms with van der Waals surface area (Å²) < 4.78 is 0. The second-order valence-electron chi connectivity index (χ2n) is 7.05. The van der Waals surface area contributed by atoms with Gasteiger partial charge in [-0.05, 0) is 23.6 Å². The molecule has 0 spiro atoms. The molecule has 3 aromatic rings. The Morgan fingerprint density at radius 2 is 1.60 bits per heavy atom. The summed E-state index contributed by atoms with van der Waals surface area (Å²) >= 11 is 0. The first-order chi connectivity index (χ1) is 12.4. The number of hydrogen-bond donors (Lipinski definition) is 1. The molecule has 25 heavy (non-hydrogen) atoms. The molecule has 1 saturated carbocycles. The second kappa shape index (κ2) is 7.64. The third kappa shape index (κ3) is 3.98. The van der Waals surface area contributed by atoms with Crippen LogP contribution in [-0.4, -0.2) is 9.97 Å². The molecule has 3 heteroatoms. The van der Waals surface area contributed by atoms with E-state index in [4.69, 9.17) is 9.97 Å². The maximum Gasteiger partial charge on any atom is 0.137 e. The second-order valence-corrected chi connectivity index (χ2v) is 7.05. The van der Waals surface area contributed by atoms with Gasteiger partial charge in [-0.15, -0.1) is 0 Å². The molecule has 0 radical (unpaired) electrons. The van der Waals surface area contributed by atoms with Crippen molar-refractivity contribution < 1.29 is 0 Å². The summed E-state index contributed by atoms with van der Waals surface area (Å²) in [5.41, 5.74) is 2.30. The fourth-order valence-corrected chi connectivity index (χ4v) is 3.78. The lowest BCUT2D eigenvalue weighted by molar-refractivity contribution is 0.352. The first-order valence-electron chi connectivity index (χ1n) is 9.42. The number of anilines is 1. The largest absolute Gasteiger partial charge is 0.365 e. The number of nitrogens with zero attached hydrogens (tertiary/aromatic N) is 2. The van der Waals surface area contributed by atoms with Crippen LogP contribution in [0.3, 0.4) is 0 Å². The number of fused-ring (bicyclic) bond motifs is 1. The summed E-state index contributed by atoms with van der Waals surface area (Å²) in [6.45, 7) is 0.782. The number of rotatable bonds is 5. The molecule has 0 amide bonds. The molecular weight excluding hydrogens is 306 g/mol. The maximum atomic E-state index is 4.89. The van der Waals surface area contributed by atoms with E-state index in [9.17, 15) is 0 Å². The standard InChI is InChI=1S/C22H25N3/c1-3-9-17(10-4-1)15-21-24-20-14-8-7-13-19(20)22(25-21)23-16-18-11-5-2-6-12-18/h2,5-8,11-14,17H,1,3-4,9-10,15-16H2,(H,23,24,25). The molecule has 0 atom stereocenters. The number of nitrogens with one attached hydrogen (secondary N) is 1. The normalized spacial score (nSPS) is 15.4. The minimum atomic E-state index is 0.747. The molecule has 0 bridgehead atoms. The van der Waals surface area contributed by atoms with Crippen molar-refractivity contribution in [1.29, 1.82) is 0 Å². The van der Waals surface area contributed by atoms with Crippen LogP contribution < -0.4 is 5.32 Å². The van der Waals surface area contributed by atoms with E-state index in [-0.39, 0.29) is 0 Å². The van der Waals surface area contributed by atoms with Crippen molar-refractivity contribution in [2.45, 2.75) is 45.1 Å². The topological polar surface area (TPSA) is 37.8 Å². The van der Waals surface area contributed by atoms with E-state index in [0.717, 1.165) is 41.4 Å². The lowest BCUT2D eigenvalue weighted by Gasteiger charge is -2.21. The molecule has 0 unspecified atom stereocenters. The van der Waals surface area contributed by atoms with Crippen LogP contribution in [0.25, 0.3) is 10.9 Å². The molecule has 1 fully saturated rings. The van der Waals surface area contributed by atoms with Crippen LogP contribution in [0.4, 0.5) is 5.82 Å². The fourth-order valence-electron chi connectivity index (χ4n) is 3.78. The SMILES string of the molecule is c1ccc(CNc2nc(CC3CCCCC3)nc3ccccc23)cc1. The van der Waals surface area contributed by atoms with Crippen molar-refractivity contribution in [3.63, 3.8) is 0 Å². The van der Waals surface area contributed by atoms with Crippen LogP contribution in [0.1, 0.15) is 43.5 Å². The van der Waals surface area contributed by atoms with E-state index in [1.807, 2.05) is 6.07 Å². The first-order valence-corrected chi connectivity index (χ1v) is 9.42. The third-order valence-electron chi connectivity index (χ3n) is 5.15. The lowest BCUT2D eigenvalue weighted by atomic mass is 9.87. The molecule has 1 aliphatic rings. The predicted octanol–water partition coefficient (Wildman–Crippen LogP) is 5.36. The van der Waals surface area contributed by atoms with Gasteiger partial charge in [0.25, 0.3) is 0 Å². The Morgan fingerprint density at radius 3 is 2.44 bits per heavy atom. The first kappa shape index (κ1) is 16.1. The lowest BCUT2D eigenvalue weighted by Crippen LogP contribution is -2.13. The summed E-state index contributed by atoms with van der Waals surface area (Å²) in [7, 11) is 0. The van der Waals surface area contributed by atoms with Crippen molar-refractivity contribution in [2.24, 2.45) is 5.92 Å². The van der Waals surface area contributed by atoms with Gasteiger partial charge in [0.2, 0.25) is 0 Å². The van der Waals surface area contributed by atoms with E-state index in [1.54, 1.807) is 0 Å². The van der Waals surface area contributed by atoms with Crippen LogP contribution >= 0.6 is 0 Å². The van der Waals surface area contributed by atoms with Crippen LogP contribution in [-0.2, 0) is 13.0 Å². The van der Waals surface area contributed by atoms with Crippen molar-refractivity contribution >= 4 is 16.7 Å². The highest BCUT2D eigenvalue weighted by molar-refractivity contribution is 5.88. The average Bonchev–Trinajstić information content (AvgIpc) is 2.68. The van der Waals surface area contributed by atoms with Crippen LogP contribution in [0.2, 0.25) is 0 Å².